The second-order valence-electron chi connectivity index (χ2n) is 4.80. The topological polar surface area (TPSA) is 72.0 Å². The van der Waals surface area contributed by atoms with Gasteiger partial charge in [0.05, 0.1) is 11.6 Å². The average molecular weight is 344 g/mol. The van der Waals surface area contributed by atoms with Gasteiger partial charge in [0.1, 0.15) is 5.82 Å². The van der Waals surface area contributed by atoms with E-state index in [2.05, 4.69) is 25.9 Å². The predicted molar refractivity (Wildman–Crippen MR) is 86.8 cm³/mol. The van der Waals surface area contributed by atoms with Crippen molar-refractivity contribution < 1.29 is 5.11 Å². The van der Waals surface area contributed by atoms with Gasteiger partial charge in [-0.3, -0.25) is 4.98 Å². The summed E-state index contributed by atoms with van der Waals surface area (Å²) in [7, 11) is 0. The SMILES string of the molecule is Nc1ncccc1CC(O)c1ccc(Br)c2cccnc12. The van der Waals surface area contributed by atoms with Crippen LogP contribution in [0.4, 0.5) is 5.82 Å². The summed E-state index contributed by atoms with van der Waals surface area (Å²) >= 11 is 3.51. The predicted octanol–water partition coefficient (Wildman–Crippen LogP) is 3.25. The van der Waals surface area contributed by atoms with E-state index in [-0.39, 0.29) is 0 Å². The van der Waals surface area contributed by atoms with Gasteiger partial charge in [0.15, 0.2) is 0 Å². The lowest BCUT2D eigenvalue weighted by Crippen LogP contribution is -2.06. The number of anilines is 1. The van der Waals surface area contributed by atoms with Gasteiger partial charge in [-0.05, 0) is 23.8 Å². The van der Waals surface area contributed by atoms with Crippen LogP contribution in [-0.2, 0) is 6.42 Å². The Kier molecular flexibility index (Phi) is 3.86. The van der Waals surface area contributed by atoms with E-state index in [1.54, 1.807) is 12.4 Å². The molecule has 21 heavy (non-hydrogen) atoms. The molecule has 2 heterocycles. The highest BCUT2D eigenvalue weighted by atomic mass is 79.9. The number of aliphatic hydroxyl groups is 1. The summed E-state index contributed by atoms with van der Waals surface area (Å²) in [5, 5.41) is 11.5. The van der Waals surface area contributed by atoms with Crippen molar-refractivity contribution in [2.45, 2.75) is 12.5 Å². The maximum Gasteiger partial charge on any atom is 0.126 e. The number of fused-ring (bicyclic) bond motifs is 1. The van der Waals surface area contributed by atoms with Crippen molar-refractivity contribution in [1.29, 1.82) is 0 Å². The van der Waals surface area contributed by atoms with Gasteiger partial charge in [-0.15, -0.1) is 0 Å². The number of aliphatic hydroxyl groups excluding tert-OH is 1. The number of aromatic nitrogens is 2. The Bertz CT molecular complexity index is 791. The van der Waals surface area contributed by atoms with Crippen molar-refractivity contribution in [2.24, 2.45) is 0 Å². The minimum atomic E-state index is -0.679. The summed E-state index contributed by atoms with van der Waals surface area (Å²) < 4.78 is 0.961. The molecular formula is C16H14BrN3O. The second kappa shape index (κ2) is 5.79. The fourth-order valence-electron chi connectivity index (χ4n) is 2.37. The van der Waals surface area contributed by atoms with Gasteiger partial charge in [-0.2, -0.15) is 0 Å². The minimum absolute atomic E-state index is 0.410. The zero-order chi connectivity index (χ0) is 14.8. The van der Waals surface area contributed by atoms with Gasteiger partial charge < -0.3 is 10.8 Å². The van der Waals surface area contributed by atoms with Crippen LogP contribution in [0.25, 0.3) is 10.9 Å². The fraction of sp³-hybridized carbons (Fsp3) is 0.125. The van der Waals surface area contributed by atoms with Gasteiger partial charge in [0.25, 0.3) is 0 Å². The average Bonchev–Trinajstić information content (AvgIpc) is 2.50. The molecule has 0 fully saturated rings. The smallest absolute Gasteiger partial charge is 0.126 e. The van der Waals surface area contributed by atoms with Crippen LogP contribution in [0.3, 0.4) is 0 Å². The normalized spacial score (nSPS) is 12.5. The Morgan fingerprint density at radius 3 is 2.67 bits per heavy atom. The molecular weight excluding hydrogens is 330 g/mol. The van der Waals surface area contributed by atoms with Gasteiger partial charge in [-0.25, -0.2) is 4.98 Å². The van der Waals surface area contributed by atoms with Crippen LogP contribution < -0.4 is 5.73 Å². The first-order valence-corrected chi connectivity index (χ1v) is 7.36. The lowest BCUT2D eigenvalue weighted by Gasteiger charge is -2.14. The van der Waals surface area contributed by atoms with E-state index in [9.17, 15) is 5.11 Å². The van der Waals surface area contributed by atoms with Crippen molar-refractivity contribution in [2.75, 3.05) is 5.73 Å². The molecule has 5 heteroatoms. The van der Waals surface area contributed by atoms with Crippen LogP contribution in [0.5, 0.6) is 0 Å². The van der Waals surface area contributed by atoms with Crippen LogP contribution in [-0.4, -0.2) is 15.1 Å². The van der Waals surface area contributed by atoms with E-state index >= 15 is 0 Å². The monoisotopic (exact) mass is 343 g/mol. The van der Waals surface area contributed by atoms with Crippen molar-refractivity contribution in [3.05, 3.63) is 64.4 Å². The lowest BCUT2D eigenvalue weighted by molar-refractivity contribution is 0.180. The first-order valence-electron chi connectivity index (χ1n) is 6.57. The quantitative estimate of drug-likeness (QED) is 0.765. The van der Waals surface area contributed by atoms with E-state index in [4.69, 9.17) is 5.73 Å². The van der Waals surface area contributed by atoms with Crippen LogP contribution in [0.15, 0.2) is 53.3 Å². The van der Waals surface area contributed by atoms with Crippen LogP contribution in [0.1, 0.15) is 17.2 Å². The lowest BCUT2D eigenvalue weighted by atomic mass is 9.99. The molecule has 1 unspecified atom stereocenters. The third-order valence-corrected chi connectivity index (χ3v) is 4.14. The van der Waals surface area contributed by atoms with Crippen LogP contribution in [0, 0.1) is 0 Å². The number of benzene rings is 1. The minimum Gasteiger partial charge on any atom is -0.388 e. The second-order valence-corrected chi connectivity index (χ2v) is 5.66. The number of hydrogen-bond acceptors (Lipinski definition) is 4. The number of nitrogens with two attached hydrogens (primary N) is 1. The Hall–Kier alpha value is -1.98. The standard InChI is InChI=1S/C16H14BrN3O/c17-13-6-5-12(15-11(13)4-2-7-19-15)14(21)9-10-3-1-8-20-16(10)18/h1-8,14,21H,9H2,(H2,18,20). The molecule has 0 aliphatic carbocycles. The Morgan fingerprint density at radius 1 is 1.10 bits per heavy atom. The van der Waals surface area contributed by atoms with Gasteiger partial charge in [0.2, 0.25) is 0 Å². The van der Waals surface area contributed by atoms with E-state index in [0.29, 0.717) is 12.2 Å². The van der Waals surface area contributed by atoms with Crippen molar-refractivity contribution in [1.82, 2.24) is 9.97 Å². The Labute approximate surface area is 130 Å². The number of hydrogen-bond donors (Lipinski definition) is 2. The molecule has 0 aliphatic rings. The summed E-state index contributed by atoms with van der Waals surface area (Å²) in [4.78, 5) is 8.44. The summed E-state index contributed by atoms with van der Waals surface area (Å²) in [6.45, 7) is 0. The summed E-state index contributed by atoms with van der Waals surface area (Å²) in [6, 6.07) is 11.4. The number of rotatable bonds is 3. The highest BCUT2D eigenvalue weighted by Crippen LogP contribution is 2.30. The third kappa shape index (κ3) is 2.75. The molecule has 0 bridgehead atoms. The molecule has 0 spiro atoms. The molecule has 1 atom stereocenters. The maximum absolute atomic E-state index is 10.5. The first kappa shape index (κ1) is 14.0. The molecule has 3 rings (SSSR count). The van der Waals surface area contributed by atoms with Crippen LogP contribution in [0.2, 0.25) is 0 Å². The zero-order valence-electron chi connectivity index (χ0n) is 11.2. The van der Waals surface area contributed by atoms with Gasteiger partial charge in [-0.1, -0.05) is 34.1 Å². The van der Waals surface area contributed by atoms with Gasteiger partial charge in [0, 0.05) is 34.2 Å². The highest BCUT2D eigenvalue weighted by Gasteiger charge is 2.15. The van der Waals surface area contributed by atoms with E-state index in [1.807, 2.05) is 36.4 Å². The molecule has 4 nitrogen and oxygen atoms in total. The zero-order valence-corrected chi connectivity index (χ0v) is 12.8. The number of halogens is 1. The van der Waals surface area contributed by atoms with Crippen molar-refractivity contribution >= 4 is 32.7 Å². The van der Waals surface area contributed by atoms with Gasteiger partial charge >= 0.3 is 0 Å². The first-order chi connectivity index (χ1) is 10.2. The molecule has 106 valence electrons. The van der Waals surface area contributed by atoms with E-state index in [1.165, 1.54) is 0 Å². The Morgan fingerprint density at radius 2 is 1.86 bits per heavy atom. The van der Waals surface area contributed by atoms with Crippen LogP contribution >= 0.6 is 15.9 Å². The molecule has 2 aromatic heterocycles. The molecule has 0 aliphatic heterocycles. The summed E-state index contributed by atoms with van der Waals surface area (Å²) in [5.74, 6) is 0.450. The number of nitrogen functional groups attached to an aromatic ring is 1. The number of nitrogens with zero attached hydrogens (tertiary/aromatic N) is 2. The maximum atomic E-state index is 10.5. The van der Waals surface area contributed by atoms with Crippen molar-refractivity contribution in [3.8, 4) is 0 Å². The molecule has 0 saturated carbocycles. The highest BCUT2D eigenvalue weighted by molar-refractivity contribution is 9.10. The molecule has 0 saturated heterocycles. The summed E-state index contributed by atoms with van der Waals surface area (Å²) in [6.07, 6.45) is 3.10. The molecule has 3 N–H and O–H groups in total. The number of pyridine rings is 2. The molecule has 0 radical (unpaired) electrons. The molecule has 3 aromatic rings. The van der Waals surface area contributed by atoms with E-state index in [0.717, 1.165) is 26.5 Å². The largest absolute Gasteiger partial charge is 0.388 e. The van der Waals surface area contributed by atoms with Crippen molar-refractivity contribution in [3.63, 3.8) is 0 Å². The fourth-order valence-corrected chi connectivity index (χ4v) is 2.82. The van der Waals surface area contributed by atoms with E-state index < -0.39 is 6.10 Å². The third-order valence-electron chi connectivity index (χ3n) is 3.45. The Balaban J connectivity index is 2.01. The molecule has 0 amide bonds. The molecule has 1 aromatic carbocycles. The summed E-state index contributed by atoms with van der Waals surface area (Å²) in [5.41, 5.74) is 8.25.